The SMILES string of the molecule is C[C@]12CCCCC1CC[C@H]1[C@H]3CC[C@H](C4=CC(=O)OC4)[C@@]3(Cc3ncc[nH]3)CC[C@@H]12. The van der Waals surface area contributed by atoms with Gasteiger partial charge in [0.1, 0.15) is 12.4 Å². The summed E-state index contributed by atoms with van der Waals surface area (Å²) in [6.45, 7) is 3.18. The van der Waals surface area contributed by atoms with E-state index < -0.39 is 0 Å². The Morgan fingerprint density at radius 2 is 2.03 bits per heavy atom. The summed E-state index contributed by atoms with van der Waals surface area (Å²) in [5, 5.41) is 0. The molecule has 1 unspecified atom stereocenters. The Morgan fingerprint density at radius 1 is 1.10 bits per heavy atom. The summed E-state index contributed by atoms with van der Waals surface area (Å²) < 4.78 is 5.38. The fraction of sp³-hybridized carbons (Fsp3) is 0.769. The molecule has 0 amide bonds. The first-order chi connectivity index (χ1) is 14.6. The minimum absolute atomic E-state index is 0.134. The summed E-state index contributed by atoms with van der Waals surface area (Å²) in [6, 6.07) is 0. The highest BCUT2D eigenvalue weighted by atomic mass is 16.5. The number of carbonyl (C=O) groups is 1. The van der Waals surface area contributed by atoms with Crippen molar-refractivity contribution in [3.05, 3.63) is 29.9 Å². The van der Waals surface area contributed by atoms with Crippen LogP contribution in [0.25, 0.3) is 0 Å². The summed E-state index contributed by atoms with van der Waals surface area (Å²) >= 11 is 0. The Kier molecular flexibility index (Phi) is 4.44. The number of nitrogens with zero attached hydrogens (tertiary/aromatic N) is 1. The second-order valence-corrected chi connectivity index (χ2v) is 11.3. The van der Waals surface area contributed by atoms with Crippen molar-refractivity contribution in [2.75, 3.05) is 6.61 Å². The standard InChI is InChI=1S/C26H36N2O2/c1-25-10-3-2-4-18(25)5-6-19-21(25)9-11-26(15-23-27-12-13-28-23)20(7-8-22(19)26)17-14-24(29)30-16-17/h12-14,18-22H,2-11,15-16H2,1H3,(H,27,28)/t18?,19-,20-,21+,22-,25+,26+/m1/s1. The van der Waals surface area contributed by atoms with Gasteiger partial charge in [-0.15, -0.1) is 0 Å². The van der Waals surface area contributed by atoms with E-state index >= 15 is 0 Å². The number of hydrogen-bond acceptors (Lipinski definition) is 3. The van der Waals surface area contributed by atoms with Crippen molar-refractivity contribution in [3.63, 3.8) is 0 Å². The van der Waals surface area contributed by atoms with Crippen LogP contribution in [0, 0.1) is 40.4 Å². The third kappa shape index (κ3) is 2.71. The topological polar surface area (TPSA) is 55.0 Å². The van der Waals surface area contributed by atoms with Crippen LogP contribution < -0.4 is 0 Å². The van der Waals surface area contributed by atoms with Crippen molar-refractivity contribution in [2.45, 2.75) is 77.6 Å². The van der Waals surface area contributed by atoms with Gasteiger partial charge in [-0.1, -0.05) is 19.8 Å². The van der Waals surface area contributed by atoms with Crippen LogP contribution in [0.3, 0.4) is 0 Å². The molecule has 0 spiro atoms. The van der Waals surface area contributed by atoms with Gasteiger partial charge in [-0.3, -0.25) is 0 Å². The maximum Gasteiger partial charge on any atom is 0.331 e. The molecule has 2 heterocycles. The minimum Gasteiger partial charge on any atom is -0.458 e. The van der Waals surface area contributed by atoms with Gasteiger partial charge in [-0.05, 0) is 97.4 Å². The zero-order valence-electron chi connectivity index (χ0n) is 18.4. The minimum atomic E-state index is -0.134. The zero-order chi connectivity index (χ0) is 20.3. The van der Waals surface area contributed by atoms with Gasteiger partial charge in [0.25, 0.3) is 0 Å². The van der Waals surface area contributed by atoms with Gasteiger partial charge in [-0.25, -0.2) is 9.78 Å². The van der Waals surface area contributed by atoms with Crippen molar-refractivity contribution in [1.82, 2.24) is 9.97 Å². The van der Waals surface area contributed by atoms with Crippen molar-refractivity contribution < 1.29 is 9.53 Å². The summed E-state index contributed by atoms with van der Waals surface area (Å²) in [7, 11) is 0. The molecule has 30 heavy (non-hydrogen) atoms. The molecule has 1 aliphatic heterocycles. The van der Waals surface area contributed by atoms with Gasteiger partial charge < -0.3 is 9.72 Å². The Balaban J connectivity index is 1.37. The van der Waals surface area contributed by atoms with Crippen LogP contribution in [0.15, 0.2) is 24.0 Å². The Labute approximate surface area is 180 Å². The number of nitrogens with one attached hydrogen (secondary N) is 1. The normalized spacial score (nSPS) is 45.3. The highest BCUT2D eigenvalue weighted by Gasteiger charge is 2.62. The number of aromatic amines is 1. The zero-order valence-corrected chi connectivity index (χ0v) is 18.4. The van der Waals surface area contributed by atoms with Gasteiger partial charge >= 0.3 is 5.97 Å². The first kappa shape index (κ1) is 19.1. The average molecular weight is 409 g/mol. The van der Waals surface area contributed by atoms with E-state index in [9.17, 15) is 4.79 Å². The van der Waals surface area contributed by atoms with E-state index in [4.69, 9.17) is 4.74 Å². The molecule has 4 nitrogen and oxygen atoms in total. The molecule has 5 aliphatic rings. The van der Waals surface area contributed by atoms with Crippen LogP contribution in [0.1, 0.15) is 77.0 Å². The van der Waals surface area contributed by atoms with Crippen LogP contribution >= 0.6 is 0 Å². The Hall–Kier alpha value is -1.58. The number of H-pyrrole nitrogens is 1. The van der Waals surface area contributed by atoms with Crippen LogP contribution in [-0.4, -0.2) is 22.5 Å². The lowest BCUT2D eigenvalue weighted by Gasteiger charge is -2.61. The van der Waals surface area contributed by atoms with Gasteiger partial charge in [0, 0.05) is 24.9 Å². The molecule has 0 saturated heterocycles. The van der Waals surface area contributed by atoms with Gasteiger partial charge in [0.2, 0.25) is 0 Å². The van der Waals surface area contributed by atoms with Crippen molar-refractivity contribution in [1.29, 1.82) is 0 Å². The van der Waals surface area contributed by atoms with Crippen LogP contribution in [-0.2, 0) is 16.0 Å². The van der Waals surface area contributed by atoms with Gasteiger partial charge in [-0.2, -0.15) is 0 Å². The van der Waals surface area contributed by atoms with E-state index in [-0.39, 0.29) is 11.4 Å². The largest absolute Gasteiger partial charge is 0.458 e. The van der Waals surface area contributed by atoms with E-state index in [2.05, 4.69) is 16.9 Å². The molecular formula is C26H36N2O2. The predicted molar refractivity (Wildman–Crippen MR) is 115 cm³/mol. The number of rotatable bonds is 3. The molecule has 1 N–H and O–H groups in total. The molecule has 0 radical (unpaired) electrons. The maximum atomic E-state index is 11.9. The summed E-state index contributed by atoms with van der Waals surface area (Å²) in [6.07, 6.45) is 20.6. The molecule has 7 atom stereocenters. The molecule has 4 saturated carbocycles. The monoisotopic (exact) mass is 408 g/mol. The number of carbonyl (C=O) groups excluding carboxylic acids is 1. The van der Waals surface area contributed by atoms with Crippen molar-refractivity contribution >= 4 is 5.97 Å². The predicted octanol–water partition coefficient (Wildman–Crippen LogP) is 5.46. The quantitative estimate of drug-likeness (QED) is 0.675. The van der Waals surface area contributed by atoms with Gasteiger partial charge in [0.05, 0.1) is 0 Å². The Bertz CT molecular complexity index is 845. The number of cyclic esters (lactones) is 1. The first-order valence-electron chi connectivity index (χ1n) is 12.5. The highest BCUT2D eigenvalue weighted by Crippen LogP contribution is 2.69. The fourth-order valence-corrected chi connectivity index (χ4v) is 9.30. The fourth-order valence-electron chi connectivity index (χ4n) is 9.30. The molecule has 1 aromatic rings. The van der Waals surface area contributed by atoms with E-state index in [1.165, 1.54) is 69.8 Å². The average Bonchev–Trinajstić information content (AvgIpc) is 3.47. The number of imidazole rings is 1. The summed E-state index contributed by atoms with van der Waals surface area (Å²) in [4.78, 5) is 20.0. The number of ether oxygens (including phenoxy) is 1. The highest BCUT2D eigenvalue weighted by molar-refractivity contribution is 5.85. The van der Waals surface area contributed by atoms with Crippen LogP contribution in [0.5, 0.6) is 0 Å². The van der Waals surface area contributed by atoms with E-state index in [1.807, 2.05) is 18.5 Å². The third-order valence-electron chi connectivity index (χ3n) is 10.5. The van der Waals surface area contributed by atoms with E-state index in [0.717, 1.165) is 35.9 Å². The lowest BCUT2D eigenvalue weighted by Crippen LogP contribution is -2.54. The molecular weight excluding hydrogens is 372 g/mol. The van der Waals surface area contributed by atoms with Gasteiger partial charge in [0.15, 0.2) is 0 Å². The Morgan fingerprint density at radius 3 is 2.83 bits per heavy atom. The van der Waals surface area contributed by atoms with Crippen LogP contribution in [0.2, 0.25) is 0 Å². The molecule has 0 aromatic carbocycles. The molecule has 162 valence electrons. The number of esters is 1. The van der Waals surface area contributed by atoms with Crippen molar-refractivity contribution in [2.24, 2.45) is 40.4 Å². The molecule has 4 fully saturated rings. The lowest BCUT2D eigenvalue weighted by atomic mass is 9.44. The summed E-state index contributed by atoms with van der Waals surface area (Å²) in [5.74, 6) is 4.97. The molecule has 6 rings (SSSR count). The molecule has 1 aromatic heterocycles. The third-order valence-corrected chi connectivity index (χ3v) is 10.5. The first-order valence-corrected chi connectivity index (χ1v) is 12.5. The molecule has 4 heteroatoms. The number of hydrogen-bond donors (Lipinski definition) is 1. The smallest absolute Gasteiger partial charge is 0.331 e. The van der Waals surface area contributed by atoms with Crippen LogP contribution in [0.4, 0.5) is 0 Å². The molecule has 4 aliphatic carbocycles. The second-order valence-electron chi connectivity index (χ2n) is 11.3. The van der Waals surface area contributed by atoms with E-state index in [0.29, 0.717) is 17.9 Å². The number of aromatic nitrogens is 2. The van der Waals surface area contributed by atoms with E-state index in [1.54, 1.807) is 0 Å². The number of fused-ring (bicyclic) bond motifs is 5. The lowest BCUT2D eigenvalue weighted by molar-refractivity contribution is -0.135. The molecule has 0 bridgehead atoms. The van der Waals surface area contributed by atoms with Crippen molar-refractivity contribution in [3.8, 4) is 0 Å². The summed E-state index contributed by atoms with van der Waals surface area (Å²) in [5.41, 5.74) is 2.09. The maximum absolute atomic E-state index is 11.9. The second kappa shape index (κ2) is 6.97.